The highest BCUT2D eigenvalue weighted by atomic mass is 35.5. The molecule has 1 saturated carbocycles. The van der Waals surface area contributed by atoms with Gasteiger partial charge in [-0.2, -0.15) is 0 Å². The van der Waals surface area contributed by atoms with E-state index in [0.29, 0.717) is 10.6 Å². The summed E-state index contributed by atoms with van der Waals surface area (Å²) in [6, 6.07) is 12.7. The Morgan fingerprint density at radius 3 is 2.58 bits per heavy atom. The number of halogens is 2. The van der Waals surface area contributed by atoms with Crippen LogP contribution in [0.5, 0.6) is 0 Å². The molecule has 0 aromatic heterocycles. The normalized spacial score (nSPS) is 21.8. The molecule has 4 atom stereocenters. The second-order valence-electron chi connectivity index (χ2n) is 6.26. The van der Waals surface area contributed by atoms with Crippen molar-refractivity contribution in [2.24, 2.45) is 5.92 Å². The van der Waals surface area contributed by atoms with Crippen molar-refractivity contribution in [1.82, 2.24) is 5.32 Å². The van der Waals surface area contributed by atoms with Gasteiger partial charge in [-0.05, 0) is 48.6 Å². The minimum Gasteiger partial charge on any atom is -0.386 e. The Balaban J connectivity index is 1.59. The van der Waals surface area contributed by atoms with Gasteiger partial charge in [0.25, 0.3) is 0 Å². The third-order valence-electron chi connectivity index (χ3n) is 4.49. The molecule has 2 aromatic rings. The van der Waals surface area contributed by atoms with Crippen molar-refractivity contribution in [2.45, 2.75) is 31.4 Å². The first-order chi connectivity index (χ1) is 11.5. The van der Waals surface area contributed by atoms with E-state index in [1.54, 1.807) is 6.92 Å². The third kappa shape index (κ3) is 3.60. The van der Waals surface area contributed by atoms with Crippen LogP contribution < -0.4 is 5.32 Å². The van der Waals surface area contributed by atoms with E-state index in [1.165, 1.54) is 24.3 Å². The molecule has 4 unspecified atom stereocenters. The van der Waals surface area contributed by atoms with Gasteiger partial charge in [0.1, 0.15) is 5.82 Å². The minimum atomic E-state index is -0.882. The summed E-state index contributed by atoms with van der Waals surface area (Å²) >= 11 is 6.18. The summed E-state index contributed by atoms with van der Waals surface area (Å²) in [5.74, 6) is -0.432. The lowest BCUT2D eigenvalue weighted by Gasteiger charge is -2.20. The van der Waals surface area contributed by atoms with E-state index in [9.17, 15) is 14.3 Å². The number of amides is 1. The summed E-state index contributed by atoms with van der Waals surface area (Å²) in [6.45, 7) is 1.73. The number of nitrogens with one attached hydrogen (secondary N) is 1. The highest BCUT2D eigenvalue weighted by Crippen LogP contribution is 2.49. The number of carbonyl (C=O) groups is 1. The van der Waals surface area contributed by atoms with Crippen LogP contribution in [0.4, 0.5) is 4.39 Å². The van der Waals surface area contributed by atoms with Gasteiger partial charge in [-0.15, -0.1) is 0 Å². The molecule has 1 amide bonds. The summed E-state index contributed by atoms with van der Waals surface area (Å²) in [5.41, 5.74) is 1.56. The minimum absolute atomic E-state index is 0.0893. The molecular weight excluding hydrogens is 329 g/mol. The molecule has 2 aromatic carbocycles. The Bertz CT molecular complexity index is 734. The molecule has 1 aliphatic carbocycles. The van der Waals surface area contributed by atoms with Gasteiger partial charge in [-0.1, -0.05) is 41.9 Å². The largest absolute Gasteiger partial charge is 0.386 e. The van der Waals surface area contributed by atoms with Crippen molar-refractivity contribution in [2.75, 3.05) is 0 Å². The fourth-order valence-electron chi connectivity index (χ4n) is 2.96. The van der Waals surface area contributed by atoms with Crippen molar-refractivity contribution in [3.63, 3.8) is 0 Å². The molecule has 1 fully saturated rings. The van der Waals surface area contributed by atoms with E-state index in [4.69, 9.17) is 11.6 Å². The molecule has 0 spiro atoms. The summed E-state index contributed by atoms with van der Waals surface area (Å²) in [7, 11) is 0. The fourth-order valence-corrected chi connectivity index (χ4v) is 3.24. The van der Waals surface area contributed by atoms with E-state index in [1.807, 2.05) is 24.3 Å². The van der Waals surface area contributed by atoms with E-state index in [2.05, 4.69) is 5.32 Å². The van der Waals surface area contributed by atoms with Gasteiger partial charge in [-0.25, -0.2) is 4.39 Å². The average Bonchev–Trinajstić information content (AvgIpc) is 3.36. The second-order valence-corrected chi connectivity index (χ2v) is 6.67. The number of hydrogen-bond donors (Lipinski definition) is 2. The van der Waals surface area contributed by atoms with Crippen LogP contribution in [0, 0.1) is 11.7 Å². The van der Waals surface area contributed by atoms with E-state index in [0.717, 1.165) is 12.0 Å². The fraction of sp³-hybridized carbons (Fsp3) is 0.316. The predicted octanol–water partition coefficient (Wildman–Crippen LogP) is 3.82. The molecule has 0 heterocycles. The molecule has 3 rings (SSSR count). The van der Waals surface area contributed by atoms with E-state index < -0.39 is 12.1 Å². The molecular formula is C19H19ClFNO2. The van der Waals surface area contributed by atoms with E-state index in [-0.39, 0.29) is 23.6 Å². The molecule has 1 aliphatic rings. The average molecular weight is 348 g/mol. The molecule has 0 radical (unpaired) electrons. The van der Waals surface area contributed by atoms with E-state index >= 15 is 0 Å². The molecule has 5 heteroatoms. The number of rotatable bonds is 5. The van der Waals surface area contributed by atoms with Gasteiger partial charge in [0.05, 0.1) is 12.1 Å². The highest BCUT2D eigenvalue weighted by molar-refractivity contribution is 6.31. The number of aliphatic hydroxyl groups excluding tert-OH is 1. The maximum atomic E-state index is 13.0. The zero-order chi connectivity index (χ0) is 17.3. The van der Waals surface area contributed by atoms with Crippen LogP contribution in [0.2, 0.25) is 5.02 Å². The zero-order valence-corrected chi connectivity index (χ0v) is 14.0. The quantitative estimate of drug-likeness (QED) is 0.863. The molecule has 3 nitrogen and oxygen atoms in total. The van der Waals surface area contributed by atoms with Crippen molar-refractivity contribution >= 4 is 17.5 Å². The van der Waals surface area contributed by atoms with Gasteiger partial charge in [-0.3, -0.25) is 4.79 Å². The number of hydrogen-bond acceptors (Lipinski definition) is 2. The first kappa shape index (κ1) is 16.9. The van der Waals surface area contributed by atoms with Crippen molar-refractivity contribution in [3.05, 3.63) is 70.5 Å². The van der Waals surface area contributed by atoms with Crippen LogP contribution in [-0.2, 0) is 4.79 Å². The second kappa shape index (κ2) is 6.91. The smallest absolute Gasteiger partial charge is 0.224 e. The van der Waals surface area contributed by atoms with Crippen LogP contribution in [0.3, 0.4) is 0 Å². The van der Waals surface area contributed by atoms with Gasteiger partial charge in [0, 0.05) is 10.9 Å². The van der Waals surface area contributed by atoms with Crippen molar-refractivity contribution in [3.8, 4) is 0 Å². The van der Waals surface area contributed by atoms with Crippen molar-refractivity contribution in [1.29, 1.82) is 0 Å². The van der Waals surface area contributed by atoms with Crippen LogP contribution in [-0.4, -0.2) is 17.1 Å². The Morgan fingerprint density at radius 2 is 1.92 bits per heavy atom. The third-order valence-corrected chi connectivity index (χ3v) is 4.83. The zero-order valence-electron chi connectivity index (χ0n) is 13.2. The van der Waals surface area contributed by atoms with Gasteiger partial charge >= 0.3 is 0 Å². The summed E-state index contributed by atoms with van der Waals surface area (Å²) in [5, 5.41) is 13.8. The van der Waals surface area contributed by atoms with Crippen LogP contribution in [0.1, 0.15) is 36.5 Å². The van der Waals surface area contributed by atoms with Crippen LogP contribution in [0.15, 0.2) is 48.5 Å². The van der Waals surface area contributed by atoms with Gasteiger partial charge < -0.3 is 10.4 Å². The van der Waals surface area contributed by atoms with Crippen molar-refractivity contribution < 1.29 is 14.3 Å². The van der Waals surface area contributed by atoms with Gasteiger partial charge in [0.2, 0.25) is 5.91 Å². The molecule has 2 N–H and O–H groups in total. The summed E-state index contributed by atoms with van der Waals surface area (Å²) in [4.78, 5) is 12.4. The number of carbonyl (C=O) groups excluding carboxylic acids is 1. The lowest BCUT2D eigenvalue weighted by Crippen LogP contribution is -2.38. The summed E-state index contributed by atoms with van der Waals surface area (Å²) < 4.78 is 13.0. The Labute approximate surface area is 145 Å². The first-order valence-electron chi connectivity index (χ1n) is 7.95. The Morgan fingerprint density at radius 1 is 1.25 bits per heavy atom. The lowest BCUT2D eigenvalue weighted by molar-refractivity contribution is -0.123. The molecule has 0 bridgehead atoms. The van der Waals surface area contributed by atoms with Gasteiger partial charge in [0.15, 0.2) is 0 Å². The predicted molar refractivity (Wildman–Crippen MR) is 91.3 cm³/mol. The number of benzene rings is 2. The Kier molecular flexibility index (Phi) is 4.88. The van der Waals surface area contributed by atoms with Crippen LogP contribution >= 0.6 is 11.6 Å². The standard InChI is InChI=1S/C19H19ClFNO2/c1-11(18(23)12-6-8-13(21)9-7-12)22-19(24)16-10-15(16)14-4-2-3-5-17(14)20/h2-9,11,15-16,18,23H,10H2,1H3,(H,22,24). The maximum absolute atomic E-state index is 13.0. The lowest BCUT2D eigenvalue weighted by atomic mass is 10.0. The number of aliphatic hydroxyl groups is 1. The Hall–Kier alpha value is -1.91. The molecule has 126 valence electrons. The molecule has 24 heavy (non-hydrogen) atoms. The summed E-state index contributed by atoms with van der Waals surface area (Å²) in [6.07, 6.45) is -0.123. The molecule has 0 saturated heterocycles. The SMILES string of the molecule is CC(NC(=O)C1CC1c1ccccc1Cl)C(O)c1ccc(F)cc1. The van der Waals surface area contributed by atoms with Crippen LogP contribution in [0.25, 0.3) is 0 Å². The topological polar surface area (TPSA) is 49.3 Å². The monoisotopic (exact) mass is 347 g/mol. The molecule has 0 aliphatic heterocycles. The maximum Gasteiger partial charge on any atom is 0.224 e. The first-order valence-corrected chi connectivity index (χ1v) is 8.33. The highest BCUT2D eigenvalue weighted by Gasteiger charge is 2.45.